The Kier molecular flexibility index (Phi) is 3.28. The van der Waals surface area contributed by atoms with E-state index in [1.165, 1.54) is 12.4 Å². The van der Waals surface area contributed by atoms with Crippen molar-refractivity contribution in [3.63, 3.8) is 0 Å². The lowest BCUT2D eigenvalue weighted by Gasteiger charge is -2.11. The maximum atomic E-state index is 11.2. The Morgan fingerprint density at radius 2 is 2.14 bits per heavy atom. The first kappa shape index (κ1) is 10.3. The molecule has 0 atom stereocenters. The van der Waals surface area contributed by atoms with Crippen LogP contribution in [0.25, 0.3) is 0 Å². The standard InChI is InChI=1S/C9H11NO4/c1-2-14-9(13)7-3-6(8(11)12)4-10-5-7/h4-5,10H,2-3H2,1H3,(H,11,12). The fraction of sp³-hybridized carbons (Fsp3) is 0.333. The third-order valence-corrected chi connectivity index (χ3v) is 1.71. The molecule has 1 heterocycles. The van der Waals surface area contributed by atoms with Crippen LogP contribution >= 0.6 is 0 Å². The first-order valence-electron chi connectivity index (χ1n) is 4.19. The van der Waals surface area contributed by atoms with E-state index in [1.54, 1.807) is 6.92 Å². The summed E-state index contributed by atoms with van der Waals surface area (Å²) in [5.41, 5.74) is 0.474. The number of esters is 1. The zero-order chi connectivity index (χ0) is 10.6. The van der Waals surface area contributed by atoms with Crippen LogP contribution in [0.1, 0.15) is 13.3 Å². The van der Waals surface area contributed by atoms with Gasteiger partial charge in [-0.1, -0.05) is 0 Å². The van der Waals surface area contributed by atoms with Gasteiger partial charge in [0.25, 0.3) is 0 Å². The number of carboxylic acid groups (broad SMARTS) is 1. The molecule has 0 aromatic heterocycles. The van der Waals surface area contributed by atoms with Crippen LogP contribution in [0.2, 0.25) is 0 Å². The lowest BCUT2D eigenvalue weighted by molar-refractivity contribution is -0.138. The molecule has 1 rings (SSSR count). The lowest BCUT2D eigenvalue weighted by Crippen LogP contribution is -2.18. The van der Waals surface area contributed by atoms with Gasteiger partial charge in [0.15, 0.2) is 0 Å². The number of hydrogen-bond donors (Lipinski definition) is 2. The molecule has 2 N–H and O–H groups in total. The summed E-state index contributed by atoms with van der Waals surface area (Å²) in [6, 6.07) is 0. The Labute approximate surface area is 81.1 Å². The first-order chi connectivity index (χ1) is 6.65. The minimum atomic E-state index is -1.03. The van der Waals surface area contributed by atoms with Crippen molar-refractivity contribution in [3.8, 4) is 0 Å². The van der Waals surface area contributed by atoms with E-state index in [0.717, 1.165) is 0 Å². The summed E-state index contributed by atoms with van der Waals surface area (Å²) in [5.74, 6) is -1.51. The van der Waals surface area contributed by atoms with Crippen molar-refractivity contribution in [3.05, 3.63) is 23.5 Å². The van der Waals surface area contributed by atoms with Gasteiger partial charge in [-0.2, -0.15) is 0 Å². The van der Waals surface area contributed by atoms with Crippen LogP contribution < -0.4 is 5.32 Å². The van der Waals surface area contributed by atoms with E-state index in [-0.39, 0.29) is 18.6 Å². The number of rotatable bonds is 3. The molecule has 5 nitrogen and oxygen atoms in total. The number of aliphatic carboxylic acids is 1. The highest BCUT2D eigenvalue weighted by atomic mass is 16.5. The van der Waals surface area contributed by atoms with Gasteiger partial charge in [-0.3, -0.25) is 0 Å². The largest absolute Gasteiger partial charge is 0.478 e. The molecule has 0 bridgehead atoms. The zero-order valence-corrected chi connectivity index (χ0v) is 7.74. The molecule has 0 saturated carbocycles. The average Bonchev–Trinajstić information content (AvgIpc) is 2.18. The summed E-state index contributed by atoms with van der Waals surface area (Å²) < 4.78 is 4.74. The van der Waals surface area contributed by atoms with Crippen LogP contribution in [0.15, 0.2) is 23.5 Å². The molecule has 0 fully saturated rings. The van der Waals surface area contributed by atoms with E-state index in [2.05, 4.69) is 5.32 Å². The predicted octanol–water partition coefficient (Wildman–Crippen LogP) is 0.395. The number of carbonyl (C=O) groups is 2. The molecule has 0 aliphatic carbocycles. The summed E-state index contributed by atoms with van der Waals surface area (Å²) in [5, 5.41) is 11.3. The molecule has 76 valence electrons. The smallest absolute Gasteiger partial charge is 0.335 e. The van der Waals surface area contributed by atoms with Crippen LogP contribution in [-0.4, -0.2) is 23.7 Å². The number of nitrogens with one attached hydrogen (secondary N) is 1. The van der Waals surface area contributed by atoms with Gasteiger partial charge in [-0.05, 0) is 6.92 Å². The van der Waals surface area contributed by atoms with E-state index in [9.17, 15) is 9.59 Å². The second kappa shape index (κ2) is 4.45. The van der Waals surface area contributed by atoms with Crippen molar-refractivity contribution < 1.29 is 19.4 Å². The number of carbonyl (C=O) groups excluding carboxylic acids is 1. The highest BCUT2D eigenvalue weighted by molar-refractivity contribution is 5.94. The van der Waals surface area contributed by atoms with Crippen molar-refractivity contribution in [1.29, 1.82) is 0 Å². The lowest BCUT2D eigenvalue weighted by atomic mass is 10.1. The van der Waals surface area contributed by atoms with Crippen LogP contribution in [0.3, 0.4) is 0 Å². The van der Waals surface area contributed by atoms with Crippen LogP contribution in [0, 0.1) is 0 Å². The molecule has 0 saturated heterocycles. The van der Waals surface area contributed by atoms with E-state index in [4.69, 9.17) is 9.84 Å². The summed E-state index contributed by atoms with van der Waals surface area (Å²) in [4.78, 5) is 21.8. The van der Waals surface area contributed by atoms with Crippen molar-refractivity contribution in [2.45, 2.75) is 13.3 Å². The second-order valence-corrected chi connectivity index (χ2v) is 2.71. The number of ether oxygens (including phenoxy) is 1. The Morgan fingerprint density at radius 1 is 1.50 bits per heavy atom. The maximum Gasteiger partial charge on any atom is 0.335 e. The van der Waals surface area contributed by atoms with E-state index in [1.807, 2.05) is 0 Å². The van der Waals surface area contributed by atoms with Crippen molar-refractivity contribution in [2.75, 3.05) is 6.61 Å². The van der Waals surface area contributed by atoms with E-state index < -0.39 is 11.9 Å². The molecule has 0 radical (unpaired) electrons. The summed E-state index contributed by atoms with van der Waals surface area (Å²) in [7, 11) is 0. The first-order valence-corrected chi connectivity index (χ1v) is 4.19. The van der Waals surface area contributed by atoms with Gasteiger partial charge >= 0.3 is 11.9 Å². The van der Waals surface area contributed by atoms with Gasteiger partial charge < -0.3 is 15.2 Å². The molecule has 14 heavy (non-hydrogen) atoms. The molecule has 0 spiro atoms. The fourth-order valence-electron chi connectivity index (χ4n) is 1.04. The Bertz CT molecular complexity index is 317. The van der Waals surface area contributed by atoms with Gasteiger partial charge in [0.1, 0.15) is 0 Å². The Hall–Kier alpha value is -1.78. The highest BCUT2D eigenvalue weighted by Gasteiger charge is 2.19. The molecule has 0 aromatic carbocycles. The Morgan fingerprint density at radius 3 is 2.71 bits per heavy atom. The van der Waals surface area contributed by atoms with Crippen LogP contribution in [-0.2, 0) is 14.3 Å². The molecule has 0 unspecified atom stereocenters. The van der Waals surface area contributed by atoms with E-state index in [0.29, 0.717) is 5.57 Å². The fourth-order valence-corrected chi connectivity index (χ4v) is 1.04. The topological polar surface area (TPSA) is 75.6 Å². The zero-order valence-electron chi connectivity index (χ0n) is 7.74. The number of hydrogen-bond acceptors (Lipinski definition) is 4. The van der Waals surface area contributed by atoms with Gasteiger partial charge in [0, 0.05) is 18.8 Å². The number of dihydropyridines is 1. The third kappa shape index (κ3) is 2.35. The normalized spacial score (nSPS) is 14.9. The minimum Gasteiger partial charge on any atom is -0.478 e. The molecule has 1 aliphatic rings. The molecule has 1 aliphatic heterocycles. The van der Waals surface area contributed by atoms with Gasteiger partial charge in [0.2, 0.25) is 0 Å². The van der Waals surface area contributed by atoms with Crippen LogP contribution in [0.5, 0.6) is 0 Å². The van der Waals surface area contributed by atoms with Crippen molar-refractivity contribution >= 4 is 11.9 Å². The monoisotopic (exact) mass is 197 g/mol. The molecule has 5 heteroatoms. The molecule has 0 aromatic rings. The summed E-state index contributed by atoms with van der Waals surface area (Å²) in [6.45, 7) is 1.98. The van der Waals surface area contributed by atoms with Crippen molar-refractivity contribution in [2.24, 2.45) is 0 Å². The highest BCUT2D eigenvalue weighted by Crippen LogP contribution is 2.15. The van der Waals surface area contributed by atoms with Gasteiger partial charge in [-0.25, -0.2) is 9.59 Å². The predicted molar refractivity (Wildman–Crippen MR) is 48.2 cm³/mol. The molecule has 0 amide bonds. The SMILES string of the molecule is CCOC(=O)C1=CNC=C(C(=O)O)C1. The Balaban J connectivity index is 2.63. The van der Waals surface area contributed by atoms with Crippen molar-refractivity contribution in [1.82, 2.24) is 5.32 Å². The quantitative estimate of drug-likeness (QED) is 0.640. The minimum absolute atomic E-state index is 0.0984. The van der Waals surface area contributed by atoms with Gasteiger partial charge in [0.05, 0.1) is 17.8 Å². The number of carboxylic acids is 1. The maximum absolute atomic E-state index is 11.2. The second-order valence-electron chi connectivity index (χ2n) is 2.71. The van der Waals surface area contributed by atoms with E-state index >= 15 is 0 Å². The van der Waals surface area contributed by atoms with Crippen LogP contribution in [0.4, 0.5) is 0 Å². The summed E-state index contributed by atoms with van der Waals surface area (Å²) in [6.07, 6.45) is 2.90. The molecular weight excluding hydrogens is 186 g/mol. The van der Waals surface area contributed by atoms with Gasteiger partial charge in [-0.15, -0.1) is 0 Å². The summed E-state index contributed by atoms with van der Waals surface area (Å²) >= 11 is 0. The third-order valence-electron chi connectivity index (χ3n) is 1.71. The molecular formula is C9H11NO4. The average molecular weight is 197 g/mol.